The molecule has 1 atom stereocenters. The number of rotatable bonds is 5. The van der Waals surface area contributed by atoms with Crippen LogP contribution in [-0.4, -0.2) is 17.0 Å². The van der Waals surface area contributed by atoms with Gasteiger partial charge in [-0.1, -0.05) is 34.8 Å². The van der Waals surface area contributed by atoms with Gasteiger partial charge < -0.3 is 5.11 Å². The van der Waals surface area contributed by atoms with Crippen molar-refractivity contribution in [3.8, 4) is 0 Å². The normalized spacial score (nSPS) is 17.7. The van der Waals surface area contributed by atoms with Crippen molar-refractivity contribution in [3.05, 3.63) is 28.7 Å². The Bertz CT molecular complexity index is 325. The van der Waals surface area contributed by atoms with Crippen molar-refractivity contribution in [2.75, 3.05) is 5.75 Å². The first-order valence-electron chi connectivity index (χ1n) is 5.30. The Morgan fingerprint density at radius 1 is 1.47 bits per heavy atom. The van der Waals surface area contributed by atoms with E-state index in [0.717, 1.165) is 22.6 Å². The number of benzene rings is 1. The maximum atomic E-state index is 9.76. The van der Waals surface area contributed by atoms with E-state index in [1.54, 1.807) is 11.8 Å². The van der Waals surface area contributed by atoms with Crippen LogP contribution in [0.3, 0.4) is 0 Å². The van der Waals surface area contributed by atoms with E-state index in [0.29, 0.717) is 0 Å². The molecule has 0 saturated heterocycles. The highest BCUT2D eigenvalue weighted by molar-refractivity contribution is 9.10. The molecular formula is C12H15BrOS. The minimum atomic E-state index is -0.138. The molecule has 1 unspecified atom stereocenters. The molecule has 1 aromatic carbocycles. The lowest BCUT2D eigenvalue weighted by Gasteiger charge is -2.09. The standard InChI is InChI=1S/C12H15BrOS/c13-10-2-1-3-12(7-10)15-8-11(14)6-9-4-5-9/h1-3,7,9,11,14H,4-6,8H2. The van der Waals surface area contributed by atoms with Crippen molar-refractivity contribution in [1.29, 1.82) is 0 Å². The zero-order valence-corrected chi connectivity index (χ0v) is 10.9. The van der Waals surface area contributed by atoms with Gasteiger partial charge >= 0.3 is 0 Å². The fourth-order valence-electron chi connectivity index (χ4n) is 1.56. The number of aliphatic hydroxyl groups excluding tert-OH is 1. The van der Waals surface area contributed by atoms with Gasteiger partial charge in [0.15, 0.2) is 0 Å². The maximum absolute atomic E-state index is 9.76. The number of hydrogen-bond donors (Lipinski definition) is 1. The van der Waals surface area contributed by atoms with Crippen molar-refractivity contribution >= 4 is 27.7 Å². The Morgan fingerprint density at radius 2 is 2.27 bits per heavy atom. The molecule has 2 rings (SSSR count). The lowest BCUT2D eigenvalue weighted by molar-refractivity contribution is 0.182. The number of thioether (sulfide) groups is 1. The SMILES string of the molecule is OC(CSc1cccc(Br)c1)CC1CC1. The summed E-state index contributed by atoms with van der Waals surface area (Å²) in [4.78, 5) is 1.22. The second-order valence-corrected chi connectivity index (χ2v) is 6.11. The molecule has 1 N–H and O–H groups in total. The van der Waals surface area contributed by atoms with Crippen LogP contribution in [0.25, 0.3) is 0 Å². The van der Waals surface area contributed by atoms with Gasteiger partial charge in [0.05, 0.1) is 6.10 Å². The van der Waals surface area contributed by atoms with Crippen LogP contribution in [0, 0.1) is 5.92 Å². The highest BCUT2D eigenvalue weighted by Gasteiger charge is 2.24. The first-order chi connectivity index (χ1) is 7.24. The van der Waals surface area contributed by atoms with Crippen molar-refractivity contribution < 1.29 is 5.11 Å². The molecule has 0 heterocycles. The second-order valence-electron chi connectivity index (χ2n) is 4.10. The summed E-state index contributed by atoms with van der Waals surface area (Å²) >= 11 is 5.18. The maximum Gasteiger partial charge on any atom is 0.0636 e. The van der Waals surface area contributed by atoms with Crippen LogP contribution in [0.5, 0.6) is 0 Å². The van der Waals surface area contributed by atoms with Crippen LogP contribution in [0.15, 0.2) is 33.6 Å². The van der Waals surface area contributed by atoms with Crippen LogP contribution in [0.1, 0.15) is 19.3 Å². The Hall–Kier alpha value is 0.01000. The largest absolute Gasteiger partial charge is 0.392 e. The molecule has 82 valence electrons. The fourth-order valence-corrected chi connectivity index (χ4v) is 3.01. The van der Waals surface area contributed by atoms with E-state index in [4.69, 9.17) is 0 Å². The van der Waals surface area contributed by atoms with Gasteiger partial charge in [-0.05, 0) is 30.5 Å². The van der Waals surface area contributed by atoms with Gasteiger partial charge in [-0.3, -0.25) is 0 Å². The van der Waals surface area contributed by atoms with Gasteiger partial charge in [0, 0.05) is 15.1 Å². The number of aliphatic hydroxyl groups is 1. The molecule has 0 aromatic heterocycles. The highest BCUT2D eigenvalue weighted by Crippen LogP contribution is 2.34. The predicted octanol–water partition coefficient (Wildman–Crippen LogP) is 3.70. The Kier molecular flexibility index (Phi) is 4.12. The van der Waals surface area contributed by atoms with Crippen molar-refractivity contribution in [2.45, 2.75) is 30.3 Å². The average Bonchev–Trinajstić information content (AvgIpc) is 2.99. The molecule has 0 amide bonds. The summed E-state index contributed by atoms with van der Waals surface area (Å²) in [7, 11) is 0. The lowest BCUT2D eigenvalue weighted by Crippen LogP contribution is -2.10. The third kappa shape index (κ3) is 4.17. The van der Waals surface area contributed by atoms with E-state index in [2.05, 4.69) is 28.1 Å². The quantitative estimate of drug-likeness (QED) is 0.833. The van der Waals surface area contributed by atoms with Gasteiger partial charge in [0.1, 0.15) is 0 Å². The molecule has 15 heavy (non-hydrogen) atoms. The van der Waals surface area contributed by atoms with Gasteiger partial charge in [0.25, 0.3) is 0 Å². The molecule has 1 aliphatic rings. The molecule has 1 aliphatic carbocycles. The topological polar surface area (TPSA) is 20.2 Å². The minimum absolute atomic E-state index is 0.138. The summed E-state index contributed by atoms with van der Waals surface area (Å²) in [5, 5.41) is 9.76. The van der Waals surface area contributed by atoms with E-state index in [9.17, 15) is 5.11 Å². The third-order valence-electron chi connectivity index (χ3n) is 2.54. The summed E-state index contributed by atoms with van der Waals surface area (Å²) in [5.74, 6) is 1.62. The second kappa shape index (κ2) is 5.37. The van der Waals surface area contributed by atoms with E-state index < -0.39 is 0 Å². The molecule has 0 spiro atoms. The Balaban J connectivity index is 1.76. The van der Waals surface area contributed by atoms with Crippen molar-refractivity contribution in [1.82, 2.24) is 0 Å². The third-order valence-corrected chi connectivity index (χ3v) is 4.17. The fraction of sp³-hybridized carbons (Fsp3) is 0.500. The first kappa shape index (κ1) is 11.5. The molecule has 0 bridgehead atoms. The van der Waals surface area contributed by atoms with E-state index >= 15 is 0 Å². The van der Waals surface area contributed by atoms with Crippen LogP contribution >= 0.6 is 27.7 Å². The lowest BCUT2D eigenvalue weighted by atomic mass is 10.2. The van der Waals surface area contributed by atoms with Gasteiger partial charge in [0.2, 0.25) is 0 Å². The average molecular weight is 287 g/mol. The summed E-state index contributed by atoms with van der Waals surface area (Å²) in [6.07, 6.45) is 3.49. The first-order valence-corrected chi connectivity index (χ1v) is 7.08. The van der Waals surface area contributed by atoms with Crippen LogP contribution in [0.4, 0.5) is 0 Å². The Labute approximate surface area is 103 Å². The molecule has 0 aliphatic heterocycles. The van der Waals surface area contributed by atoms with Crippen molar-refractivity contribution in [3.63, 3.8) is 0 Å². The molecule has 1 nitrogen and oxygen atoms in total. The zero-order valence-electron chi connectivity index (χ0n) is 8.53. The summed E-state index contributed by atoms with van der Waals surface area (Å²) in [6, 6.07) is 8.22. The number of hydrogen-bond acceptors (Lipinski definition) is 2. The monoisotopic (exact) mass is 286 g/mol. The van der Waals surface area contributed by atoms with Gasteiger partial charge in [-0.25, -0.2) is 0 Å². The molecule has 1 saturated carbocycles. The summed E-state index contributed by atoms with van der Waals surface area (Å²) in [5.41, 5.74) is 0. The van der Waals surface area contributed by atoms with Crippen LogP contribution < -0.4 is 0 Å². The molecule has 1 aromatic rings. The minimum Gasteiger partial charge on any atom is -0.392 e. The summed E-state index contributed by atoms with van der Waals surface area (Å²) < 4.78 is 1.10. The van der Waals surface area contributed by atoms with Gasteiger partial charge in [-0.15, -0.1) is 11.8 Å². The molecule has 1 fully saturated rings. The molecule has 0 radical (unpaired) electrons. The molecule has 3 heteroatoms. The van der Waals surface area contributed by atoms with Crippen LogP contribution in [0.2, 0.25) is 0 Å². The summed E-state index contributed by atoms with van der Waals surface area (Å²) in [6.45, 7) is 0. The van der Waals surface area contributed by atoms with Crippen LogP contribution in [-0.2, 0) is 0 Å². The zero-order chi connectivity index (χ0) is 10.7. The van der Waals surface area contributed by atoms with Crippen molar-refractivity contribution in [2.24, 2.45) is 5.92 Å². The highest BCUT2D eigenvalue weighted by atomic mass is 79.9. The van der Waals surface area contributed by atoms with E-state index in [-0.39, 0.29) is 6.10 Å². The molecular weight excluding hydrogens is 272 g/mol. The van der Waals surface area contributed by atoms with E-state index in [1.807, 2.05) is 12.1 Å². The number of halogens is 1. The van der Waals surface area contributed by atoms with Gasteiger partial charge in [-0.2, -0.15) is 0 Å². The van der Waals surface area contributed by atoms with E-state index in [1.165, 1.54) is 17.7 Å². The Morgan fingerprint density at radius 3 is 2.93 bits per heavy atom. The smallest absolute Gasteiger partial charge is 0.0636 e. The predicted molar refractivity (Wildman–Crippen MR) is 68.2 cm³/mol.